The Morgan fingerprint density at radius 1 is 1.32 bits per heavy atom. The second-order valence-corrected chi connectivity index (χ2v) is 5.07. The predicted molar refractivity (Wildman–Crippen MR) is 76.5 cm³/mol. The zero-order valence-electron chi connectivity index (χ0n) is 10.5. The molecule has 1 aromatic carbocycles. The van der Waals surface area contributed by atoms with Crippen molar-refractivity contribution in [2.45, 2.75) is 13.3 Å². The lowest BCUT2D eigenvalue weighted by atomic mass is 10.1. The molecule has 0 aliphatic heterocycles. The first-order valence-electron chi connectivity index (χ1n) is 5.80. The van der Waals surface area contributed by atoms with Gasteiger partial charge in [0.05, 0.1) is 12.1 Å². The summed E-state index contributed by atoms with van der Waals surface area (Å²) in [5, 5.41) is 15.2. The Bertz CT molecular complexity index is 574. The number of carbonyl (C=O) groups excluding carboxylic acids is 1. The van der Waals surface area contributed by atoms with Crippen LogP contribution in [0.4, 0.5) is 0 Å². The Kier molecular flexibility index (Phi) is 4.30. The van der Waals surface area contributed by atoms with E-state index in [0.717, 1.165) is 10.4 Å². The molecule has 1 aromatic heterocycles. The van der Waals surface area contributed by atoms with Crippen molar-refractivity contribution < 1.29 is 9.90 Å². The topological polar surface area (TPSA) is 61.7 Å². The number of hydrogen-bond donors (Lipinski definition) is 2. The number of hydrazone groups is 1. The maximum absolute atomic E-state index is 11.6. The fourth-order valence-electron chi connectivity index (χ4n) is 1.52. The van der Waals surface area contributed by atoms with Crippen molar-refractivity contribution in [2.24, 2.45) is 5.10 Å². The van der Waals surface area contributed by atoms with Crippen LogP contribution in [0.15, 0.2) is 46.9 Å². The molecular weight excluding hydrogens is 260 g/mol. The fourth-order valence-corrected chi connectivity index (χ4v) is 2.23. The van der Waals surface area contributed by atoms with Crippen LogP contribution in [0.1, 0.15) is 17.4 Å². The third-order valence-corrected chi connectivity index (χ3v) is 3.42. The number of nitrogens with one attached hydrogen (secondary N) is 1. The van der Waals surface area contributed by atoms with E-state index in [1.807, 2.05) is 17.5 Å². The number of nitrogens with zero attached hydrogens (tertiary/aromatic N) is 1. The SMILES string of the molecule is C/C(=N\NC(=O)Cc1cccs1)c1ccc(O)cc1. The zero-order valence-corrected chi connectivity index (χ0v) is 11.3. The highest BCUT2D eigenvalue weighted by Gasteiger charge is 2.03. The summed E-state index contributed by atoms with van der Waals surface area (Å²) in [7, 11) is 0. The normalized spacial score (nSPS) is 11.3. The number of hydrogen-bond acceptors (Lipinski definition) is 4. The van der Waals surface area contributed by atoms with E-state index < -0.39 is 0 Å². The van der Waals surface area contributed by atoms with Gasteiger partial charge in [-0.2, -0.15) is 5.10 Å². The number of thiophene rings is 1. The smallest absolute Gasteiger partial charge is 0.245 e. The van der Waals surface area contributed by atoms with Crippen LogP contribution in [-0.2, 0) is 11.2 Å². The van der Waals surface area contributed by atoms with Crippen molar-refractivity contribution in [2.75, 3.05) is 0 Å². The summed E-state index contributed by atoms with van der Waals surface area (Å²) in [5.41, 5.74) is 4.08. The van der Waals surface area contributed by atoms with Crippen LogP contribution in [0.5, 0.6) is 5.75 Å². The molecule has 4 nitrogen and oxygen atoms in total. The first kappa shape index (κ1) is 13.3. The van der Waals surface area contributed by atoms with Gasteiger partial charge in [-0.25, -0.2) is 5.43 Å². The monoisotopic (exact) mass is 274 g/mol. The van der Waals surface area contributed by atoms with Crippen LogP contribution in [0.3, 0.4) is 0 Å². The lowest BCUT2D eigenvalue weighted by Gasteiger charge is -2.02. The molecule has 98 valence electrons. The standard InChI is InChI=1S/C14H14N2O2S/c1-10(11-4-6-12(17)7-5-11)15-16-14(18)9-13-3-2-8-19-13/h2-8,17H,9H2,1H3,(H,16,18)/b15-10+. The highest BCUT2D eigenvalue weighted by molar-refractivity contribution is 7.10. The molecular formula is C14H14N2O2S. The average Bonchev–Trinajstić information content (AvgIpc) is 2.89. The highest BCUT2D eigenvalue weighted by atomic mass is 32.1. The number of phenols is 1. The summed E-state index contributed by atoms with van der Waals surface area (Å²) in [6.45, 7) is 1.80. The van der Waals surface area contributed by atoms with Crippen molar-refractivity contribution in [3.63, 3.8) is 0 Å². The van der Waals surface area contributed by atoms with Gasteiger partial charge in [-0.05, 0) is 48.2 Å². The fraction of sp³-hybridized carbons (Fsp3) is 0.143. The van der Waals surface area contributed by atoms with Crippen LogP contribution in [0.2, 0.25) is 0 Å². The van der Waals surface area contributed by atoms with Crippen LogP contribution in [0, 0.1) is 0 Å². The van der Waals surface area contributed by atoms with Crippen LogP contribution in [0.25, 0.3) is 0 Å². The van der Waals surface area contributed by atoms with Gasteiger partial charge in [0.15, 0.2) is 0 Å². The third-order valence-electron chi connectivity index (χ3n) is 2.55. The van der Waals surface area contributed by atoms with E-state index in [1.54, 1.807) is 42.5 Å². The minimum atomic E-state index is -0.138. The van der Waals surface area contributed by atoms with Crippen molar-refractivity contribution in [3.05, 3.63) is 52.2 Å². The van der Waals surface area contributed by atoms with E-state index in [-0.39, 0.29) is 11.7 Å². The van der Waals surface area contributed by atoms with Crippen LogP contribution in [-0.4, -0.2) is 16.7 Å². The van der Waals surface area contributed by atoms with E-state index in [2.05, 4.69) is 10.5 Å². The summed E-state index contributed by atoms with van der Waals surface area (Å²) in [5.74, 6) is 0.0684. The van der Waals surface area contributed by atoms with Crippen LogP contribution >= 0.6 is 11.3 Å². The van der Waals surface area contributed by atoms with Gasteiger partial charge < -0.3 is 5.11 Å². The zero-order chi connectivity index (χ0) is 13.7. The molecule has 2 rings (SSSR count). The van der Waals surface area contributed by atoms with E-state index >= 15 is 0 Å². The molecule has 0 fully saturated rings. The second-order valence-electron chi connectivity index (χ2n) is 4.04. The maximum Gasteiger partial charge on any atom is 0.245 e. The van der Waals surface area contributed by atoms with E-state index in [4.69, 9.17) is 0 Å². The quantitative estimate of drug-likeness (QED) is 0.665. The average molecular weight is 274 g/mol. The lowest BCUT2D eigenvalue weighted by Crippen LogP contribution is -2.20. The van der Waals surface area contributed by atoms with Gasteiger partial charge in [0.1, 0.15) is 5.75 Å². The molecule has 5 heteroatoms. The summed E-state index contributed by atoms with van der Waals surface area (Å²) in [6, 6.07) is 10.5. The Morgan fingerprint density at radius 3 is 2.68 bits per heavy atom. The Balaban J connectivity index is 1.94. The highest BCUT2D eigenvalue weighted by Crippen LogP contribution is 2.11. The number of aromatic hydroxyl groups is 1. The largest absolute Gasteiger partial charge is 0.508 e. The molecule has 0 atom stereocenters. The summed E-state index contributed by atoms with van der Waals surface area (Å²) in [4.78, 5) is 12.7. The number of amides is 1. The molecule has 0 spiro atoms. The molecule has 0 bridgehead atoms. The summed E-state index contributed by atoms with van der Waals surface area (Å²) < 4.78 is 0. The Labute approximate surface area is 115 Å². The summed E-state index contributed by atoms with van der Waals surface area (Å²) in [6.07, 6.45) is 0.337. The number of rotatable bonds is 4. The molecule has 0 saturated carbocycles. The third kappa shape index (κ3) is 3.93. The summed E-state index contributed by atoms with van der Waals surface area (Å²) >= 11 is 1.55. The van der Waals surface area contributed by atoms with E-state index in [0.29, 0.717) is 12.1 Å². The molecule has 0 unspecified atom stereocenters. The molecule has 2 N–H and O–H groups in total. The van der Waals surface area contributed by atoms with Gasteiger partial charge in [0, 0.05) is 4.88 Å². The van der Waals surface area contributed by atoms with Crippen LogP contribution < -0.4 is 5.43 Å². The molecule has 1 heterocycles. The first-order chi connectivity index (χ1) is 9.15. The van der Waals surface area contributed by atoms with Gasteiger partial charge in [-0.3, -0.25) is 4.79 Å². The minimum absolute atomic E-state index is 0.138. The number of benzene rings is 1. The van der Waals surface area contributed by atoms with Crippen molar-refractivity contribution in [1.29, 1.82) is 0 Å². The number of phenolic OH excluding ortho intramolecular Hbond substituents is 1. The van der Waals surface area contributed by atoms with Crippen molar-refractivity contribution >= 4 is 23.0 Å². The lowest BCUT2D eigenvalue weighted by molar-refractivity contribution is -0.120. The Hall–Kier alpha value is -2.14. The molecule has 0 aliphatic carbocycles. The van der Waals surface area contributed by atoms with E-state index in [9.17, 15) is 9.90 Å². The predicted octanol–water partition coefficient (Wildman–Crippen LogP) is 2.54. The van der Waals surface area contributed by atoms with Gasteiger partial charge in [-0.15, -0.1) is 11.3 Å². The molecule has 0 radical (unpaired) electrons. The minimum Gasteiger partial charge on any atom is -0.508 e. The molecule has 0 saturated heterocycles. The van der Waals surface area contributed by atoms with Crippen molar-refractivity contribution in [1.82, 2.24) is 5.43 Å². The second kappa shape index (κ2) is 6.15. The van der Waals surface area contributed by atoms with Gasteiger partial charge in [-0.1, -0.05) is 6.07 Å². The Morgan fingerprint density at radius 2 is 2.05 bits per heavy atom. The van der Waals surface area contributed by atoms with Gasteiger partial charge >= 0.3 is 0 Å². The first-order valence-corrected chi connectivity index (χ1v) is 6.68. The molecule has 2 aromatic rings. The molecule has 19 heavy (non-hydrogen) atoms. The van der Waals surface area contributed by atoms with E-state index in [1.165, 1.54) is 0 Å². The maximum atomic E-state index is 11.6. The van der Waals surface area contributed by atoms with Crippen molar-refractivity contribution in [3.8, 4) is 5.75 Å². The molecule has 1 amide bonds. The molecule has 0 aliphatic rings. The van der Waals surface area contributed by atoms with Gasteiger partial charge in [0.2, 0.25) is 5.91 Å². The number of carbonyl (C=O) groups is 1. The van der Waals surface area contributed by atoms with Gasteiger partial charge in [0.25, 0.3) is 0 Å².